The molecule has 140 valence electrons. The van der Waals surface area contributed by atoms with Crippen LogP contribution in [0.3, 0.4) is 0 Å². The number of nitrogens with one attached hydrogen (secondary N) is 1. The van der Waals surface area contributed by atoms with Crippen molar-refractivity contribution in [1.82, 2.24) is 4.98 Å². The van der Waals surface area contributed by atoms with E-state index in [1.54, 1.807) is 25.6 Å². The monoisotopic (exact) mass is 372 g/mol. The molecule has 28 heavy (non-hydrogen) atoms. The molecule has 2 heterocycles. The first-order valence-electron chi connectivity index (χ1n) is 8.96. The Kier molecular flexibility index (Phi) is 4.57. The van der Waals surface area contributed by atoms with Gasteiger partial charge in [-0.2, -0.15) is 0 Å². The molecular weight excluding hydrogens is 352 g/mol. The highest BCUT2D eigenvalue weighted by Gasteiger charge is 2.13. The first kappa shape index (κ1) is 17.8. The SMILES string of the molecule is COc1cc2occ(C)c2cc1/C(C)=C/C(=O)Nc1cccc2cccnc12. The predicted molar refractivity (Wildman–Crippen MR) is 112 cm³/mol. The third kappa shape index (κ3) is 3.22. The number of nitrogens with zero attached hydrogens (tertiary/aromatic N) is 1. The van der Waals surface area contributed by atoms with Gasteiger partial charge in [0.2, 0.25) is 5.91 Å². The molecule has 0 aliphatic carbocycles. The van der Waals surface area contributed by atoms with E-state index in [2.05, 4.69) is 10.3 Å². The van der Waals surface area contributed by atoms with Gasteiger partial charge < -0.3 is 14.5 Å². The Balaban J connectivity index is 1.67. The van der Waals surface area contributed by atoms with Crippen molar-refractivity contribution < 1.29 is 13.9 Å². The fourth-order valence-corrected chi connectivity index (χ4v) is 3.31. The minimum atomic E-state index is -0.221. The summed E-state index contributed by atoms with van der Waals surface area (Å²) in [4.78, 5) is 17.0. The van der Waals surface area contributed by atoms with Crippen LogP contribution in [0.2, 0.25) is 0 Å². The number of rotatable bonds is 4. The van der Waals surface area contributed by atoms with Crippen molar-refractivity contribution in [2.24, 2.45) is 0 Å². The smallest absolute Gasteiger partial charge is 0.248 e. The van der Waals surface area contributed by atoms with E-state index >= 15 is 0 Å². The van der Waals surface area contributed by atoms with Gasteiger partial charge in [-0.25, -0.2) is 0 Å². The molecule has 0 atom stereocenters. The van der Waals surface area contributed by atoms with Crippen molar-refractivity contribution in [2.45, 2.75) is 13.8 Å². The van der Waals surface area contributed by atoms with Crippen LogP contribution < -0.4 is 10.1 Å². The van der Waals surface area contributed by atoms with E-state index in [1.165, 1.54) is 0 Å². The summed E-state index contributed by atoms with van der Waals surface area (Å²) in [7, 11) is 1.61. The van der Waals surface area contributed by atoms with Gasteiger partial charge in [-0.05, 0) is 43.2 Å². The van der Waals surface area contributed by atoms with Crippen LogP contribution in [-0.2, 0) is 4.79 Å². The maximum Gasteiger partial charge on any atom is 0.248 e. The highest BCUT2D eigenvalue weighted by molar-refractivity contribution is 6.08. The maximum atomic E-state index is 12.6. The number of aryl methyl sites for hydroxylation is 1. The molecule has 4 aromatic rings. The average Bonchev–Trinajstić information content (AvgIpc) is 3.07. The molecule has 0 bridgehead atoms. The van der Waals surface area contributed by atoms with E-state index in [-0.39, 0.29) is 5.91 Å². The summed E-state index contributed by atoms with van der Waals surface area (Å²) >= 11 is 0. The molecule has 4 rings (SSSR count). The lowest BCUT2D eigenvalue weighted by Gasteiger charge is -2.10. The van der Waals surface area contributed by atoms with Crippen molar-refractivity contribution in [3.05, 3.63) is 72.1 Å². The molecule has 2 aromatic carbocycles. The van der Waals surface area contributed by atoms with Crippen LogP contribution in [0.15, 0.2) is 65.4 Å². The van der Waals surface area contributed by atoms with E-state index in [1.807, 2.05) is 56.3 Å². The third-order valence-corrected chi connectivity index (χ3v) is 4.75. The zero-order valence-corrected chi connectivity index (χ0v) is 15.9. The first-order valence-corrected chi connectivity index (χ1v) is 8.96. The predicted octanol–water partition coefficient (Wildman–Crippen LogP) is 5.34. The number of benzene rings is 2. The Morgan fingerprint density at radius 2 is 2.04 bits per heavy atom. The molecular formula is C23H20N2O3. The van der Waals surface area contributed by atoms with Gasteiger partial charge in [-0.1, -0.05) is 18.2 Å². The zero-order chi connectivity index (χ0) is 19.7. The Morgan fingerprint density at radius 1 is 1.21 bits per heavy atom. The molecule has 0 saturated carbocycles. The van der Waals surface area contributed by atoms with E-state index in [0.29, 0.717) is 11.4 Å². The van der Waals surface area contributed by atoms with E-state index in [4.69, 9.17) is 9.15 Å². The Labute approximate surface area is 162 Å². The summed E-state index contributed by atoms with van der Waals surface area (Å²) in [5.74, 6) is 0.442. The molecule has 2 aromatic heterocycles. The topological polar surface area (TPSA) is 64.4 Å². The number of ether oxygens (including phenoxy) is 1. The summed E-state index contributed by atoms with van der Waals surface area (Å²) in [6, 6.07) is 13.4. The second kappa shape index (κ2) is 7.19. The maximum absolute atomic E-state index is 12.6. The fraction of sp³-hybridized carbons (Fsp3) is 0.130. The molecule has 0 unspecified atom stereocenters. The minimum Gasteiger partial charge on any atom is -0.496 e. The van der Waals surface area contributed by atoms with Crippen LogP contribution >= 0.6 is 0 Å². The van der Waals surface area contributed by atoms with Gasteiger partial charge in [0.15, 0.2) is 0 Å². The lowest BCUT2D eigenvalue weighted by molar-refractivity contribution is -0.111. The number of para-hydroxylation sites is 1. The Morgan fingerprint density at radius 3 is 2.86 bits per heavy atom. The van der Waals surface area contributed by atoms with Crippen LogP contribution in [0.25, 0.3) is 27.4 Å². The average molecular weight is 372 g/mol. The largest absolute Gasteiger partial charge is 0.496 e. The van der Waals surface area contributed by atoms with Gasteiger partial charge in [-0.3, -0.25) is 9.78 Å². The van der Waals surface area contributed by atoms with Gasteiger partial charge >= 0.3 is 0 Å². The molecule has 0 aliphatic heterocycles. The summed E-state index contributed by atoms with van der Waals surface area (Å²) in [6.45, 7) is 3.88. The number of hydrogen-bond acceptors (Lipinski definition) is 4. The molecule has 0 aliphatic rings. The number of hydrogen-bond donors (Lipinski definition) is 1. The number of carbonyl (C=O) groups is 1. The second-order valence-electron chi connectivity index (χ2n) is 6.66. The Hall–Kier alpha value is -3.60. The molecule has 1 amide bonds. The van der Waals surface area contributed by atoms with Crippen LogP contribution in [0.4, 0.5) is 5.69 Å². The lowest BCUT2D eigenvalue weighted by atomic mass is 10.0. The highest BCUT2D eigenvalue weighted by atomic mass is 16.5. The number of anilines is 1. The Bertz CT molecular complexity index is 1220. The fourth-order valence-electron chi connectivity index (χ4n) is 3.31. The molecule has 0 saturated heterocycles. The number of aromatic nitrogens is 1. The number of allylic oxidation sites excluding steroid dienone is 1. The van der Waals surface area contributed by atoms with E-state index in [0.717, 1.165) is 38.6 Å². The van der Waals surface area contributed by atoms with Crippen molar-refractivity contribution in [3.8, 4) is 5.75 Å². The molecule has 0 spiro atoms. The van der Waals surface area contributed by atoms with Crippen LogP contribution in [0.5, 0.6) is 5.75 Å². The number of methoxy groups -OCH3 is 1. The molecule has 5 nitrogen and oxygen atoms in total. The van der Waals surface area contributed by atoms with Crippen molar-refractivity contribution in [1.29, 1.82) is 0 Å². The van der Waals surface area contributed by atoms with Crippen molar-refractivity contribution in [3.63, 3.8) is 0 Å². The number of furan rings is 1. The van der Waals surface area contributed by atoms with Crippen molar-refractivity contribution in [2.75, 3.05) is 12.4 Å². The number of fused-ring (bicyclic) bond motifs is 2. The molecule has 0 radical (unpaired) electrons. The second-order valence-corrected chi connectivity index (χ2v) is 6.66. The van der Waals surface area contributed by atoms with Crippen molar-refractivity contribution >= 4 is 39.0 Å². The standard InChI is InChI=1S/C23H20N2O3/c1-14(17-11-18-15(2)13-28-21(18)12-20(17)27-3)10-22(26)25-19-8-4-6-16-7-5-9-24-23(16)19/h4-13H,1-3H3,(H,25,26)/b14-10+. The van der Waals surface area contributed by atoms with Crippen LogP contribution in [-0.4, -0.2) is 18.0 Å². The minimum absolute atomic E-state index is 0.221. The summed E-state index contributed by atoms with van der Waals surface area (Å²) in [5.41, 5.74) is 4.89. The van der Waals surface area contributed by atoms with Gasteiger partial charge in [0.25, 0.3) is 0 Å². The number of pyridine rings is 1. The molecule has 1 N–H and O–H groups in total. The van der Waals surface area contributed by atoms with Gasteiger partial charge in [0.1, 0.15) is 11.3 Å². The lowest BCUT2D eigenvalue weighted by Crippen LogP contribution is -2.09. The van der Waals surface area contributed by atoms with E-state index < -0.39 is 0 Å². The number of carbonyl (C=O) groups excluding carboxylic acids is 1. The molecule has 0 fully saturated rings. The molecule has 5 heteroatoms. The first-order chi connectivity index (χ1) is 13.6. The zero-order valence-electron chi connectivity index (χ0n) is 15.9. The van der Waals surface area contributed by atoms with Gasteiger partial charge in [-0.15, -0.1) is 0 Å². The number of amides is 1. The van der Waals surface area contributed by atoms with Crippen LogP contribution in [0.1, 0.15) is 18.1 Å². The third-order valence-electron chi connectivity index (χ3n) is 4.75. The van der Waals surface area contributed by atoms with Gasteiger partial charge in [0, 0.05) is 34.7 Å². The highest BCUT2D eigenvalue weighted by Crippen LogP contribution is 2.33. The normalized spacial score (nSPS) is 11.8. The van der Waals surface area contributed by atoms with E-state index in [9.17, 15) is 4.79 Å². The summed E-state index contributed by atoms with van der Waals surface area (Å²) in [6.07, 6.45) is 5.00. The quantitative estimate of drug-likeness (QED) is 0.491. The summed E-state index contributed by atoms with van der Waals surface area (Å²) in [5, 5.41) is 4.91. The van der Waals surface area contributed by atoms with Crippen LogP contribution in [0, 0.1) is 6.92 Å². The summed E-state index contributed by atoms with van der Waals surface area (Å²) < 4.78 is 11.0. The van der Waals surface area contributed by atoms with Gasteiger partial charge in [0.05, 0.1) is 24.6 Å².